The fourth-order valence-corrected chi connectivity index (χ4v) is 3.47. The Hall–Kier alpha value is -2.81. The molecule has 0 aliphatic heterocycles. The number of benzene rings is 2. The highest BCUT2D eigenvalue weighted by atomic mass is 16.5. The number of ether oxygens (including phenoxy) is 1. The van der Waals surface area contributed by atoms with Crippen LogP contribution in [0.5, 0.6) is 5.75 Å². The van der Waals surface area contributed by atoms with E-state index in [1.165, 1.54) is 17.2 Å². The summed E-state index contributed by atoms with van der Waals surface area (Å²) in [6.45, 7) is 13.5. The van der Waals surface area contributed by atoms with Gasteiger partial charge in [0, 0.05) is 11.6 Å². The number of rotatable bonds is 10. The van der Waals surface area contributed by atoms with Gasteiger partial charge >= 0.3 is 5.97 Å². The molecule has 2 aromatic carbocycles. The number of unbranched alkanes of at least 4 members (excludes halogenated alkanes) is 1. The lowest BCUT2D eigenvalue weighted by atomic mass is 9.88. The normalized spacial score (nSPS) is 12.2. The predicted molar refractivity (Wildman–Crippen MR) is 131 cm³/mol. The van der Waals surface area contributed by atoms with Crippen LogP contribution in [0, 0.1) is 0 Å². The Kier molecular flexibility index (Phi) is 9.11. The van der Waals surface area contributed by atoms with Crippen molar-refractivity contribution >= 4 is 12.0 Å². The van der Waals surface area contributed by atoms with Gasteiger partial charge in [0.1, 0.15) is 5.75 Å². The molecule has 0 saturated heterocycles. The number of hydrogen-bond donors (Lipinski definition) is 1. The maximum Gasteiger partial charge on any atom is 0.328 e. The van der Waals surface area contributed by atoms with E-state index < -0.39 is 5.97 Å². The summed E-state index contributed by atoms with van der Waals surface area (Å²) in [6.07, 6.45) is 7.15. The molecule has 3 heteroatoms. The molecule has 0 heterocycles. The minimum absolute atomic E-state index is 0.345. The molecule has 0 amide bonds. The van der Waals surface area contributed by atoms with Gasteiger partial charge in [-0.05, 0) is 59.1 Å². The van der Waals surface area contributed by atoms with Gasteiger partial charge in [-0.25, -0.2) is 4.79 Å². The van der Waals surface area contributed by atoms with Crippen LogP contribution in [0.15, 0.2) is 54.1 Å². The summed E-state index contributed by atoms with van der Waals surface area (Å²) in [5.74, 6) is 0.779. The monoisotopic (exact) mass is 420 g/mol. The highest BCUT2D eigenvalue weighted by Gasteiger charge is 2.19. The van der Waals surface area contributed by atoms with Gasteiger partial charge in [0.25, 0.3) is 0 Å². The Morgan fingerprint density at radius 3 is 2.39 bits per heavy atom. The lowest BCUT2D eigenvalue weighted by Gasteiger charge is -2.22. The Morgan fingerprint density at radius 2 is 1.77 bits per heavy atom. The maximum absolute atomic E-state index is 11.0. The molecule has 0 radical (unpaired) electrons. The smallest absolute Gasteiger partial charge is 0.328 e. The van der Waals surface area contributed by atoms with Crippen molar-refractivity contribution in [1.29, 1.82) is 0 Å². The van der Waals surface area contributed by atoms with E-state index in [2.05, 4.69) is 58.9 Å². The third kappa shape index (κ3) is 6.85. The molecule has 2 aromatic rings. The minimum atomic E-state index is -0.937. The second-order valence-electron chi connectivity index (χ2n) is 8.65. The van der Waals surface area contributed by atoms with Crippen molar-refractivity contribution < 1.29 is 14.6 Å². The molecule has 0 saturated carbocycles. The van der Waals surface area contributed by atoms with Crippen LogP contribution in [0.4, 0.5) is 0 Å². The van der Waals surface area contributed by atoms with E-state index in [-0.39, 0.29) is 0 Å². The highest BCUT2D eigenvalue weighted by molar-refractivity contribution is 5.83. The molecule has 3 nitrogen and oxygen atoms in total. The molecular weight excluding hydrogens is 384 g/mol. The molecule has 31 heavy (non-hydrogen) atoms. The van der Waals surface area contributed by atoms with Crippen molar-refractivity contribution in [3.05, 3.63) is 70.8 Å². The third-order valence-corrected chi connectivity index (χ3v) is 5.30. The van der Waals surface area contributed by atoms with E-state index in [1.807, 2.05) is 24.3 Å². The first kappa shape index (κ1) is 24.5. The fourth-order valence-electron chi connectivity index (χ4n) is 3.47. The number of hydrogen-bond acceptors (Lipinski definition) is 2. The lowest BCUT2D eigenvalue weighted by molar-refractivity contribution is -0.131. The first-order valence-electron chi connectivity index (χ1n) is 11.2. The molecule has 0 aliphatic rings. The number of allylic oxidation sites excluding steroid dienone is 2. The molecular formula is C28H36O3. The average molecular weight is 421 g/mol. The van der Waals surface area contributed by atoms with E-state index in [9.17, 15) is 4.79 Å². The minimum Gasteiger partial charge on any atom is -0.493 e. The third-order valence-electron chi connectivity index (χ3n) is 5.30. The van der Waals surface area contributed by atoms with Gasteiger partial charge < -0.3 is 9.84 Å². The summed E-state index contributed by atoms with van der Waals surface area (Å²) in [5, 5.41) is 8.99. The Balaban J connectivity index is 2.68. The number of carbonyl (C=O) groups is 1. The van der Waals surface area contributed by atoms with Crippen molar-refractivity contribution in [3.8, 4) is 16.9 Å². The summed E-state index contributed by atoms with van der Waals surface area (Å²) in [5.41, 5.74) is 6.46. The molecule has 0 fully saturated rings. The van der Waals surface area contributed by atoms with Gasteiger partial charge in [-0.15, -0.1) is 0 Å². The van der Waals surface area contributed by atoms with E-state index in [0.717, 1.165) is 35.3 Å². The molecule has 0 spiro atoms. The maximum atomic E-state index is 11.0. The van der Waals surface area contributed by atoms with Gasteiger partial charge in [0.05, 0.1) is 6.61 Å². The van der Waals surface area contributed by atoms with Crippen LogP contribution in [-0.4, -0.2) is 17.7 Å². The average Bonchev–Trinajstić information content (AvgIpc) is 2.71. The molecule has 0 aliphatic carbocycles. The van der Waals surface area contributed by atoms with Crippen molar-refractivity contribution in [1.82, 2.24) is 0 Å². The predicted octanol–water partition coefficient (Wildman–Crippen LogP) is 7.82. The van der Waals surface area contributed by atoms with Gasteiger partial charge in [-0.3, -0.25) is 0 Å². The summed E-state index contributed by atoms with van der Waals surface area (Å²) >= 11 is 0. The molecule has 0 unspecified atom stereocenters. The van der Waals surface area contributed by atoms with Crippen LogP contribution in [-0.2, 0) is 4.79 Å². The quantitative estimate of drug-likeness (QED) is 0.242. The highest BCUT2D eigenvalue weighted by Crippen LogP contribution is 2.41. The first-order chi connectivity index (χ1) is 14.7. The van der Waals surface area contributed by atoms with E-state index in [0.29, 0.717) is 24.0 Å². The Morgan fingerprint density at radius 1 is 1.06 bits per heavy atom. The van der Waals surface area contributed by atoms with Crippen LogP contribution < -0.4 is 4.74 Å². The van der Waals surface area contributed by atoms with Gasteiger partial charge in [-0.2, -0.15) is 0 Å². The summed E-state index contributed by atoms with van der Waals surface area (Å²) in [4.78, 5) is 11.0. The zero-order valence-electron chi connectivity index (χ0n) is 19.7. The lowest BCUT2D eigenvalue weighted by Crippen LogP contribution is -2.05. The topological polar surface area (TPSA) is 46.5 Å². The summed E-state index contributed by atoms with van der Waals surface area (Å²) in [6, 6.07) is 12.8. The molecule has 1 N–H and O–H groups in total. The fraction of sp³-hybridized carbons (Fsp3) is 0.393. The molecule has 0 bridgehead atoms. The largest absolute Gasteiger partial charge is 0.493 e. The molecule has 0 atom stereocenters. The second kappa shape index (κ2) is 11.5. The second-order valence-corrected chi connectivity index (χ2v) is 8.65. The van der Waals surface area contributed by atoms with E-state index >= 15 is 0 Å². The zero-order chi connectivity index (χ0) is 23.0. The number of carboxylic acids is 1. The van der Waals surface area contributed by atoms with Crippen molar-refractivity contribution in [2.75, 3.05) is 6.61 Å². The molecule has 2 rings (SSSR count). The van der Waals surface area contributed by atoms with E-state index in [4.69, 9.17) is 9.84 Å². The Labute approximate surface area is 187 Å². The zero-order valence-corrected chi connectivity index (χ0v) is 19.7. The van der Waals surface area contributed by atoms with E-state index in [1.54, 1.807) is 6.92 Å². The Bertz CT molecular complexity index is 949. The van der Waals surface area contributed by atoms with Gasteiger partial charge in [0.2, 0.25) is 0 Å². The van der Waals surface area contributed by atoms with Crippen LogP contribution in [0.2, 0.25) is 0 Å². The van der Waals surface area contributed by atoms with Crippen molar-refractivity contribution in [2.45, 2.75) is 66.2 Å². The van der Waals surface area contributed by atoms with Crippen molar-refractivity contribution in [2.24, 2.45) is 0 Å². The molecule has 166 valence electrons. The van der Waals surface area contributed by atoms with Gasteiger partial charge in [0.15, 0.2) is 0 Å². The van der Waals surface area contributed by atoms with Crippen LogP contribution in [0.3, 0.4) is 0 Å². The number of aliphatic carboxylic acids is 1. The molecule has 0 aromatic heterocycles. The van der Waals surface area contributed by atoms with Crippen LogP contribution in [0.1, 0.15) is 82.9 Å². The first-order valence-corrected chi connectivity index (χ1v) is 11.2. The summed E-state index contributed by atoms with van der Waals surface area (Å²) in [7, 11) is 0. The van der Waals surface area contributed by atoms with Crippen LogP contribution in [0.25, 0.3) is 17.2 Å². The SMILES string of the molecule is CCCCOc1c(-c2ccccc2/C=C/C(C)=C/C(=O)O)cc(C(C)C)cc1C(C)C. The van der Waals surface area contributed by atoms with Crippen LogP contribution >= 0.6 is 0 Å². The van der Waals surface area contributed by atoms with Gasteiger partial charge in [-0.1, -0.05) is 83.5 Å². The summed E-state index contributed by atoms with van der Waals surface area (Å²) < 4.78 is 6.38. The van der Waals surface area contributed by atoms with Crippen molar-refractivity contribution in [3.63, 3.8) is 0 Å². The number of carboxylic acid groups (broad SMARTS) is 1. The standard InChI is InChI=1S/C28H36O3/c1-7-8-15-31-28-25(20(4)5)17-23(19(2)3)18-26(28)24-12-10-9-11-22(24)14-13-21(6)16-27(29)30/h9-14,16-20H,7-8,15H2,1-6H3,(H,29,30)/b14-13+,21-16+.